The molecule has 0 radical (unpaired) electrons. The largest absolute Gasteiger partial charge is 0.510 e. The van der Waals surface area contributed by atoms with Gasteiger partial charge in [0.1, 0.15) is 12.6 Å². The minimum Gasteiger partial charge on any atom is -0.433 e. The number of piperidine rings is 1. The van der Waals surface area contributed by atoms with Gasteiger partial charge in [-0.15, -0.1) is 0 Å². The van der Waals surface area contributed by atoms with Gasteiger partial charge in [-0.1, -0.05) is 12.1 Å². The summed E-state index contributed by atoms with van der Waals surface area (Å²) in [5.74, 6) is -2.48. The van der Waals surface area contributed by atoms with Gasteiger partial charge in [0, 0.05) is 26.1 Å². The van der Waals surface area contributed by atoms with Gasteiger partial charge in [-0.2, -0.15) is 0 Å². The fraction of sp³-hybridized carbons (Fsp3) is 0.476. The maximum Gasteiger partial charge on any atom is 0.510 e. The third-order valence-corrected chi connectivity index (χ3v) is 5.66. The number of hydrogen-bond donors (Lipinski definition) is 0. The lowest BCUT2D eigenvalue weighted by atomic mass is 10.0. The van der Waals surface area contributed by atoms with E-state index in [1.54, 1.807) is 12.1 Å². The number of hydrogen-bond acceptors (Lipinski definition) is 9. The molecule has 1 aromatic rings. The number of rotatable bonds is 6. The zero-order valence-electron chi connectivity index (χ0n) is 17.4. The Morgan fingerprint density at radius 2 is 1.66 bits per heavy atom. The predicted octanol–water partition coefficient (Wildman–Crippen LogP) is 0.243. The lowest BCUT2D eigenvalue weighted by Gasteiger charge is -2.33. The van der Waals surface area contributed by atoms with E-state index >= 15 is 0 Å². The summed E-state index contributed by atoms with van der Waals surface area (Å²) in [7, 11) is 0. The van der Waals surface area contributed by atoms with Crippen molar-refractivity contribution in [3.05, 3.63) is 35.4 Å². The number of ether oxygens (including phenoxy) is 3. The predicted molar refractivity (Wildman–Crippen MR) is 106 cm³/mol. The van der Waals surface area contributed by atoms with E-state index in [1.165, 1.54) is 12.1 Å². The smallest absolute Gasteiger partial charge is 0.433 e. The second-order valence-corrected chi connectivity index (χ2v) is 7.57. The van der Waals surface area contributed by atoms with Crippen LogP contribution in [0.4, 0.5) is 4.79 Å². The second-order valence-electron chi connectivity index (χ2n) is 7.57. The summed E-state index contributed by atoms with van der Waals surface area (Å²) in [6, 6.07) is 5.15. The van der Waals surface area contributed by atoms with Gasteiger partial charge in [0.2, 0.25) is 5.91 Å². The van der Waals surface area contributed by atoms with E-state index < -0.39 is 42.6 Å². The van der Waals surface area contributed by atoms with Crippen molar-refractivity contribution in [3.8, 4) is 0 Å². The number of amides is 4. The number of benzene rings is 1. The maximum absolute atomic E-state index is 12.9. The van der Waals surface area contributed by atoms with Crippen molar-refractivity contribution in [2.24, 2.45) is 0 Å². The molecule has 170 valence electrons. The van der Waals surface area contributed by atoms with Crippen molar-refractivity contribution in [1.82, 2.24) is 14.7 Å². The summed E-state index contributed by atoms with van der Waals surface area (Å²) in [5.41, 5.74) is 0.433. The van der Waals surface area contributed by atoms with Crippen molar-refractivity contribution in [3.63, 3.8) is 0 Å². The van der Waals surface area contributed by atoms with Crippen molar-refractivity contribution < 1.29 is 38.2 Å². The first-order chi connectivity index (χ1) is 15.5. The fourth-order valence-corrected chi connectivity index (χ4v) is 3.93. The van der Waals surface area contributed by atoms with E-state index in [0.717, 1.165) is 22.9 Å². The molecule has 0 saturated carbocycles. The van der Waals surface area contributed by atoms with E-state index in [1.807, 2.05) is 0 Å². The van der Waals surface area contributed by atoms with E-state index in [2.05, 4.69) is 4.90 Å². The Morgan fingerprint density at radius 3 is 2.31 bits per heavy atom. The van der Waals surface area contributed by atoms with Crippen LogP contribution in [0.2, 0.25) is 0 Å². The first-order valence-corrected chi connectivity index (χ1v) is 10.4. The molecule has 0 N–H and O–H groups in total. The zero-order chi connectivity index (χ0) is 22.7. The van der Waals surface area contributed by atoms with Crippen LogP contribution in [0.15, 0.2) is 24.3 Å². The first-order valence-electron chi connectivity index (χ1n) is 10.4. The summed E-state index contributed by atoms with van der Waals surface area (Å²) < 4.78 is 15.2. The molecule has 0 spiro atoms. The fourth-order valence-electron chi connectivity index (χ4n) is 3.93. The molecule has 3 aliphatic heterocycles. The van der Waals surface area contributed by atoms with Gasteiger partial charge in [0.05, 0.1) is 24.3 Å². The molecule has 0 bridgehead atoms. The third-order valence-electron chi connectivity index (χ3n) is 5.66. The van der Waals surface area contributed by atoms with Crippen molar-refractivity contribution in [1.29, 1.82) is 0 Å². The van der Waals surface area contributed by atoms with Gasteiger partial charge in [-0.25, -0.2) is 9.69 Å². The molecule has 2 fully saturated rings. The molecule has 0 aromatic heterocycles. The molecule has 4 amide bonds. The number of nitrogens with zero attached hydrogens (tertiary/aromatic N) is 3. The standard InChI is InChI=1S/C21H23N3O8/c25-17-6-5-16(24-18(26)14-3-1-2-4-15(14)19(24)27)20(28)23(17)13-32-21(29)31-12-9-22-7-10-30-11-8-22/h1-4,16H,5-13H2. The topological polar surface area (TPSA) is 123 Å². The summed E-state index contributed by atoms with van der Waals surface area (Å²) >= 11 is 0. The Bertz CT molecular complexity index is 908. The Kier molecular flexibility index (Phi) is 6.47. The highest BCUT2D eigenvalue weighted by atomic mass is 16.7. The number of imide groups is 2. The van der Waals surface area contributed by atoms with Crippen LogP contribution in [-0.4, -0.2) is 96.7 Å². The highest BCUT2D eigenvalue weighted by Crippen LogP contribution is 2.28. The van der Waals surface area contributed by atoms with Gasteiger partial charge < -0.3 is 14.2 Å². The Labute approximate surface area is 183 Å². The minimum absolute atomic E-state index is 0.0175. The monoisotopic (exact) mass is 445 g/mol. The minimum atomic E-state index is -1.14. The molecule has 4 rings (SSSR count). The molecule has 3 heterocycles. The maximum atomic E-state index is 12.9. The molecular weight excluding hydrogens is 422 g/mol. The summed E-state index contributed by atoms with van der Waals surface area (Å²) in [4.78, 5) is 66.1. The lowest BCUT2D eigenvalue weighted by Crippen LogP contribution is -2.56. The first kappa shape index (κ1) is 21.9. The molecule has 11 nitrogen and oxygen atoms in total. The third kappa shape index (κ3) is 4.34. The molecule has 32 heavy (non-hydrogen) atoms. The number of carbonyl (C=O) groups is 5. The van der Waals surface area contributed by atoms with Crippen LogP contribution in [-0.2, 0) is 23.8 Å². The highest BCUT2D eigenvalue weighted by molar-refractivity contribution is 6.23. The van der Waals surface area contributed by atoms with Crippen LogP contribution in [0, 0.1) is 0 Å². The van der Waals surface area contributed by atoms with Gasteiger partial charge in [-0.3, -0.25) is 29.0 Å². The Balaban J connectivity index is 1.32. The van der Waals surface area contributed by atoms with Gasteiger partial charge in [-0.05, 0) is 18.6 Å². The van der Waals surface area contributed by atoms with Crippen molar-refractivity contribution in [2.75, 3.05) is 46.2 Å². The molecule has 11 heteroatoms. The van der Waals surface area contributed by atoms with Crippen LogP contribution >= 0.6 is 0 Å². The lowest BCUT2D eigenvalue weighted by molar-refractivity contribution is -0.156. The van der Waals surface area contributed by atoms with E-state index in [0.29, 0.717) is 19.8 Å². The summed E-state index contributed by atoms with van der Waals surface area (Å²) in [6.45, 7) is 2.70. The molecule has 2 saturated heterocycles. The number of fused-ring (bicyclic) bond motifs is 1. The SMILES string of the molecule is O=C(OCCN1CCOCC1)OCN1C(=O)CCC(N2C(=O)c3ccccc3C2=O)C1=O. The number of morpholine rings is 1. The van der Waals surface area contributed by atoms with Crippen LogP contribution in [0.5, 0.6) is 0 Å². The number of carbonyl (C=O) groups excluding carboxylic acids is 5. The van der Waals surface area contributed by atoms with Crippen LogP contribution < -0.4 is 0 Å². The quantitative estimate of drug-likeness (QED) is 0.448. The molecule has 1 unspecified atom stereocenters. The van der Waals surface area contributed by atoms with Crippen molar-refractivity contribution >= 4 is 29.8 Å². The second kappa shape index (κ2) is 9.45. The molecule has 0 aliphatic carbocycles. The molecule has 1 aromatic carbocycles. The Morgan fingerprint density at radius 1 is 1.00 bits per heavy atom. The van der Waals surface area contributed by atoms with Gasteiger partial charge >= 0.3 is 6.16 Å². The average Bonchev–Trinajstić information content (AvgIpc) is 3.05. The Hall–Kier alpha value is -3.31. The van der Waals surface area contributed by atoms with Crippen molar-refractivity contribution in [2.45, 2.75) is 18.9 Å². The van der Waals surface area contributed by atoms with Gasteiger partial charge in [0.25, 0.3) is 17.7 Å². The highest BCUT2D eigenvalue weighted by Gasteiger charge is 2.47. The molecular formula is C21H23N3O8. The average molecular weight is 445 g/mol. The van der Waals surface area contributed by atoms with E-state index in [9.17, 15) is 24.0 Å². The van der Waals surface area contributed by atoms with E-state index in [-0.39, 0.29) is 30.6 Å². The molecule has 3 aliphatic rings. The molecule has 1 atom stereocenters. The van der Waals surface area contributed by atoms with Crippen LogP contribution in [0.25, 0.3) is 0 Å². The normalized spacial score (nSPS) is 21.7. The van der Waals surface area contributed by atoms with E-state index in [4.69, 9.17) is 14.2 Å². The summed E-state index contributed by atoms with van der Waals surface area (Å²) in [5, 5.41) is 0. The van der Waals surface area contributed by atoms with Crippen LogP contribution in [0.3, 0.4) is 0 Å². The number of likely N-dealkylation sites (tertiary alicyclic amines) is 1. The van der Waals surface area contributed by atoms with Gasteiger partial charge in [0.15, 0.2) is 6.73 Å². The summed E-state index contributed by atoms with van der Waals surface area (Å²) in [6.07, 6.45) is -1.06. The van der Waals surface area contributed by atoms with Crippen LogP contribution in [0.1, 0.15) is 33.6 Å². The zero-order valence-corrected chi connectivity index (χ0v) is 17.4.